The fourth-order valence-corrected chi connectivity index (χ4v) is 2.77. The van der Waals surface area contributed by atoms with Gasteiger partial charge in [0.15, 0.2) is 11.6 Å². The SMILES string of the molecule is OB(O)c1ccc(C=NNc2nc(-c3ccccc3)cs2)c(F)c1F. The summed E-state index contributed by atoms with van der Waals surface area (Å²) in [5, 5.41) is 24.1. The number of rotatable bonds is 5. The summed E-state index contributed by atoms with van der Waals surface area (Å²) in [4.78, 5) is 4.35. The molecule has 2 aromatic carbocycles. The van der Waals surface area contributed by atoms with E-state index in [1.54, 1.807) is 0 Å². The smallest absolute Gasteiger partial charge is 0.423 e. The van der Waals surface area contributed by atoms with Crippen LogP contribution in [-0.2, 0) is 0 Å². The van der Waals surface area contributed by atoms with E-state index < -0.39 is 24.2 Å². The van der Waals surface area contributed by atoms with Crippen molar-refractivity contribution in [3.8, 4) is 11.3 Å². The maximum Gasteiger partial charge on any atom is 0.491 e. The van der Waals surface area contributed by atoms with Gasteiger partial charge in [0.1, 0.15) is 0 Å². The van der Waals surface area contributed by atoms with Crippen molar-refractivity contribution in [1.29, 1.82) is 0 Å². The minimum absolute atomic E-state index is 0.130. The zero-order valence-electron chi connectivity index (χ0n) is 12.7. The summed E-state index contributed by atoms with van der Waals surface area (Å²) >= 11 is 1.32. The van der Waals surface area contributed by atoms with Crippen LogP contribution in [0.3, 0.4) is 0 Å². The van der Waals surface area contributed by atoms with Crippen LogP contribution in [0.1, 0.15) is 5.56 Å². The first-order valence-electron chi connectivity index (χ1n) is 7.20. The first-order chi connectivity index (χ1) is 12.1. The molecule has 0 atom stereocenters. The lowest BCUT2D eigenvalue weighted by molar-refractivity contribution is 0.420. The molecule has 0 fully saturated rings. The van der Waals surface area contributed by atoms with Gasteiger partial charge in [0.2, 0.25) is 5.13 Å². The molecule has 0 saturated carbocycles. The zero-order valence-corrected chi connectivity index (χ0v) is 13.5. The summed E-state index contributed by atoms with van der Waals surface area (Å²) in [6.07, 6.45) is 1.09. The monoisotopic (exact) mass is 359 g/mol. The van der Waals surface area contributed by atoms with Crippen LogP contribution in [-0.4, -0.2) is 28.4 Å². The molecule has 1 heterocycles. The van der Waals surface area contributed by atoms with E-state index in [9.17, 15) is 8.78 Å². The molecule has 25 heavy (non-hydrogen) atoms. The Bertz CT molecular complexity index is 904. The number of nitrogens with one attached hydrogen (secondary N) is 1. The average molecular weight is 359 g/mol. The molecule has 126 valence electrons. The molecule has 1 aromatic heterocycles. The van der Waals surface area contributed by atoms with E-state index in [2.05, 4.69) is 15.5 Å². The Morgan fingerprint density at radius 1 is 1.08 bits per heavy atom. The van der Waals surface area contributed by atoms with Gasteiger partial charge in [-0.15, -0.1) is 11.3 Å². The second kappa shape index (κ2) is 7.52. The number of thiazole rings is 1. The highest BCUT2D eigenvalue weighted by atomic mass is 32.1. The minimum atomic E-state index is -2.08. The standard InChI is InChI=1S/C16H12BF2N3O2S/c18-14-11(6-7-12(15(14)19)17(23)24)8-20-22-16-21-13(9-25-16)10-4-2-1-3-5-10/h1-9,23-24H,(H,21,22). The van der Waals surface area contributed by atoms with Crippen molar-refractivity contribution in [3.63, 3.8) is 0 Å². The molecule has 0 aliphatic heterocycles. The molecule has 0 aliphatic carbocycles. The Hall–Kier alpha value is -2.62. The first kappa shape index (κ1) is 17.2. The fourth-order valence-electron chi connectivity index (χ4n) is 2.10. The third-order valence-electron chi connectivity index (χ3n) is 3.36. The predicted octanol–water partition coefficient (Wildman–Crippen LogP) is 2.21. The molecule has 0 aliphatic rings. The zero-order chi connectivity index (χ0) is 17.8. The van der Waals surface area contributed by atoms with Gasteiger partial charge in [-0.1, -0.05) is 42.5 Å². The Morgan fingerprint density at radius 2 is 1.84 bits per heavy atom. The van der Waals surface area contributed by atoms with Crippen molar-refractivity contribution >= 4 is 35.3 Å². The Morgan fingerprint density at radius 3 is 2.56 bits per heavy atom. The van der Waals surface area contributed by atoms with Gasteiger partial charge in [-0.05, 0) is 0 Å². The third kappa shape index (κ3) is 3.90. The quantitative estimate of drug-likeness (QED) is 0.371. The number of anilines is 1. The molecule has 0 radical (unpaired) electrons. The van der Waals surface area contributed by atoms with E-state index in [-0.39, 0.29) is 5.56 Å². The Kier molecular flexibility index (Phi) is 5.18. The van der Waals surface area contributed by atoms with Gasteiger partial charge in [-0.2, -0.15) is 5.10 Å². The first-order valence-corrected chi connectivity index (χ1v) is 8.08. The molecular formula is C16H12BF2N3O2S. The topological polar surface area (TPSA) is 77.7 Å². The molecule has 3 N–H and O–H groups in total. The summed E-state index contributed by atoms with van der Waals surface area (Å²) < 4.78 is 27.5. The summed E-state index contributed by atoms with van der Waals surface area (Å²) in [6.45, 7) is 0. The molecule has 0 amide bonds. The minimum Gasteiger partial charge on any atom is -0.423 e. The molecule has 0 unspecified atom stereocenters. The fraction of sp³-hybridized carbons (Fsp3) is 0. The van der Waals surface area contributed by atoms with Crippen molar-refractivity contribution in [2.45, 2.75) is 0 Å². The lowest BCUT2D eigenvalue weighted by Crippen LogP contribution is -2.33. The summed E-state index contributed by atoms with van der Waals surface area (Å²) in [6, 6.07) is 11.9. The van der Waals surface area contributed by atoms with Gasteiger partial charge in [0, 0.05) is 22.0 Å². The number of aromatic nitrogens is 1. The largest absolute Gasteiger partial charge is 0.491 e. The van der Waals surface area contributed by atoms with Gasteiger partial charge in [0.25, 0.3) is 0 Å². The number of halogens is 2. The van der Waals surface area contributed by atoms with Crippen LogP contribution in [0.15, 0.2) is 52.9 Å². The van der Waals surface area contributed by atoms with Crippen LogP contribution >= 0.6 is 11.3 Å². The second-order valence-electron chi connectivity index (χ2n) is 5.02. The molecule has 3 rings (SSSR count). The van der Waals surface area contributed by atoms with Crippen LogP contribution < -0.4 is 10.9 Å². The van der Waals surface area contributed by atoms with Gasteiger partial charge in [-0.25, -0.2) is 13.8 Å². The molecule has 5 nitrogen and oxygen atoms in total. The molecule has 0 spiro atoms. The molecule has 3 aromatic rings. The summed E-state index contributed by atoms with van der Waals surface area (Å²) in [7, 11) is -2.08. The van der Waals surface area contributed by atoms with Crippen molar-refractivity contribution in [2.24, 2.45) is 5.10 Å². The number of nitrogens with zero attached hydrogens (tertiary/aromatic N) is 2. The van der Waals surface area contributed by atoms with Crippen LogP contribution in [0.2, 0.25) is 0 Å². The van der Waals surface area contributed by atoms with E-state index >= 15 is 0 Å². The van der Waals surface area contributed by atoms with Crippen LogP contribution in [0.5, 0.6) is 0 Å². The maximum atomic E-state index is 13.8. The van der Waals surface area contributed by atoms with E-state index in [4.69, 9.17) is 10.0 Å². The number of hydrogen-bond acceptors (Lipinski definition) is 6. The molecule has 0 bridgehead atoms. The van der Waals surface area contributed by atoms with Crippen molar-refractivity contribution < 1.29 is 18.8 Å². The van der Waals surface area contributed by atoms with Gasteiger partial charge < -0.3 is 10.0 Å². The summed E-state index contributed by atoms with van der Waals surface area (Å²) in [5.41, 5.74) is 3.73. The Balaban J connectivity index is 1.72. The van der Waals surface area contributed by atoms with E-state index in [0.717, 1.165) is 23.5 Å². The predicted molar refractivity (Wildman–Crippen MR) is 95.0 cm³/mol. The van der Waals surface area contributed by atoms with E-state index in [1.165, 1.54) is 17.4 Å². The number of hydrogen-bond donors (Lipinski definition) is 3. The molecule has 0 saturated heterocycles. The van der Waals surface area contributed by atoms with Crippen molar-refractivity contribution in [3.05, 3.63) is 65.0 Å². The highest BCUT2D eigenvalue weighted by Gasteiger charge is 2.21. The van der Waals surface area contributed by atoms with Crippen LogP contribution in [0.4, 0.5) is 13.9 Å². The number of hydrazone groups is 1. The lowest BCUT2D eigenvalue weighted by Gasteiger charge is -2.04. The van der Waals surface area contributed by atoms with Crippen molar-refractivity contribution in [1.82, 2.24) is 4.98 Å². The third-order valence-corrected chi connectivity index (χ3v) is 4.10. The Labute approximate surface area is 146 Å². The highest BCUT2D eigenvalue weighted by molar-refractivity contribution is 7.14. The average Bonchev–Trinajstić information content (AvgIpc) is 3.08. The maximum absolute atomic E-state index is 13.8. The summed E-state index contributed by atoms with van der Waals surface area (Å²) in [5.74, 6) is -2.53. The molecule has 9 heteroatoms. The second-order valence-corrected chi connectivity index (χ2v) is 5.88. The van der Waals surface area contributed by atoms with Crippen LogP contribution in [0.25, 0.3) is 11.3 Å². The highest BCUT2D eigenvalue weighted by Crippen LogP contribution is 2.24. The van der Waals surface area contributed by atoms with Gasteiger partial charge >= 0.3 is 7.12 Å². The molecular weight excluding hydrogens is 347 g/mol. The van der Waals surface area contributed by atoms with E-state index in [1.807, 2.05) is 35.7 Å². The van der Waals surface area contributed by atoms with Gasteiger partial charge in [0.05, 0.1) is 11.9 Å². The van der Waals surface area contributed by atoms with E-state index in [0.29, 0.717) is 5.13 Å². The van der Waals surface area contributed by atoms with Crippen molar-refractivity contribution in [2.75, 3.05) is 5.43 Å². The number of benzene rings is 2. The van der Waals surface area contributed by atoms with Gasteiger partial charge in [-0.3, -0.25) is 5.43 Å². The lowest BCUT2D eigenvalue weighted by atomic mass is 9.79. The van der Waals surface area contributed by atoms with Crippen LogP contribution in [0, 0.1) is 11.6 Å². The normalized spacial score (nSPS) is 11.0.